The minimum absolute atomic E-state index is 0.000467. The molecule has 1 aromatic carbocycles. The van der Waals surface area contributed by atoms with E-state index in [0.29, 0.717) is 6.42 Å². The molecule has 0 saturated carbocycles. The molecule has 0 heterocycles. The number of aliphatic hydroxyl groups is 1. The summed E-state index contributed by atoms with van der Waals surface area (Å²) in [5.74, 6) is -0.854. The molecule has 22 heavy (non-hydrogen) atoms. The van der Waals surface area contributed by atoms with Crippen LogP contribution in [-0.4, -0.2) is 28.6 Å². The summed E-state index contributed by atoms with van der Waals surface area (Å²) in [5.41, 5.74) is 1.60. The highest BCUT2D eigenvalue weighted by atomic mass is 16.3. The molecule has 4 nitrogen and oxygen atoms in total. The molecule has 0 amide bonds. The Bertz CT molecular complexity index is 543. The van der Waals surface area contributed by atoms with Crippen molar-refractivity contribution in [2.45, 2.75) is 58.5 Å². The molecule has 3 atom stereocenters. The molecule has 4 heteroatoms. The molecule has 0 aliphatic heterocycles. The number of aliphatic hydroxyl groups excluding tert-OH is 1. The number of ketones is 3. The van der Waals surface area contributed by atoms with Crippen molar-refractivity contribution >= 4 is 17.3 Å². The van der Waals surface area contributed by atoms with Crippen LogP contribution in [0.1, 0.15) is 63.5 Å². The second kappa shape index (κ2) is 7.99. The maximum atomic E-state index is 11.7. The van der Waals surface area contributed by atoms with Crippen LogP contribution in [0.2, 0.25) is 0 Å². The summed E-state index contributed by atoms with van der Waals surface area (Å²) in [7, 11) is 0. The average molecular weight is 304 g/mol. The molecule has 1 N–H and O–H groups in total. The molecule has 0 saturated heterocycles. The van der Waals surface area contributed by atoms with E-state index < -0.39 is 12.0 Å². The molecule has 1 rings (SSSR count). The predicted molar refractivity (Wildman–Crippen MR) is 84.9 cm³/mol. The minimum Gasteiger partial charge on any atom is -0.393 e. The van der Waals surface area contributed by atoms with Gasteiger partial charge in [0.25, 0.3) is 0 Å². The fourth-order valence-corrected chi connectivity index (χ4v) is 2.62. The second-order valence-corrected chi connectivity index (χ2v) is 5.98. The maximum absolute atomic E-state index is 11.7. The molecular formula is C18H24O4. The fourth-order valence-electron chi connectivity index (χ4n) is 2.62. The number of hydrogen-bond donors (Lipinski definition) is 1. The van der Waals surface area contributed by atoms with Gasteiger partial charge in [0, 0.05) is 18.3 Å². The molecule has 120 valence electrons. The van der Waals surface area contributed by atoms with Gasteiger partial charge in [-0.1, -0.05) is 24.3 Å². The number of carbonyl (C=O) groups is 3. The standard InChI is InChI=1S/C18H24O4/c1-11(19)9-17(13(3)21)15-5-7-16(8-6-15)18(14(4)22)10-12(2)20/h5-8,11,17-19H,9-10H2,1-4H3. The molecule has 0 spiro atoms. The Morgan fingerprint density at radius 1 is 0.909 bits per heavy atom. The van der Waals surface area contributed by atoms with Gasteiger partial charge in [-0.25, -0.2) is 0 Å². The van der Waals surface area contributed by atoms with Crippen LogP contribution in [-0.2, 0) is 14.4 Å². The average Bonchev–Trinajstić information content (AvgIpc) is 2.41. The van der Waals surface area contributed by atoms with E-state index in [9.17, 15) is 19.5 Å². The van der Waals surface area contributed by atoms with Crippen LogP contribution in [0.25, 0.3) is 0 Å². The predicted octanol–water partition coefficient (Wildman–Crippen LogP) is 2.78. The van der Waals surface area contributed by atoms with Gasteiger partial charge in [0.2, 0.25) is 0 Å². The second-order valence-electron chi connectivity index (χ2n) is 5.98. The van der Waals surface area contributed by atoms with E-state index in [1.807, 2.05) is 0 Å². The quantitative estimate of drug-likeness (QED) is 0.801. The molecule has 0 radical (unpaired) electrons. The van der Waals surface area contributed by atoms with Crippen LogP contribution in [0, 0.1) is 0 Å². The first-order valence-corrected chi connectivity index (χ1v) is 7.50. The molecule has 0 fully saturated rings. The highest BCUT2D eigenvalue weighted by Gasteiger charge is 2.21. The number of Topliss-reactive ketones (excluding diaryl/α,β-unsaturated/α-hetero) is 3. The molecule has 3 unspecified atom stereocenters. The summed E-state index contributed by atoms with van der Waals surface area (Å²) in [5, 5.41) is 9.51. The third kappa shape index (κ3) is 5.19. The van der Waals surface area contributed by atoms with Crippen LogP contribution in [0.15, 0.2) is 24.3 Å². The Morgan fingerprint density at radius 2 is 1.32 bits per heavy atom. The van der Waals surface area contributed by atoms with Crippen molar-refractivity contribution in [3.63, 3.8) is 0 Å². The minimum atomic E-state index is -0.559. The van der Waals surface area contributed by atoms with Crippen molar-refractivity contribution in [3.05, 3.63) is 35.4 Å². The number of hydrogen-bond acceptors (Lipinski definition) is 4. The first-order valence-electron chi connectivity index (χ1n) is 7.50. The lowest BCUT2D eigenvalue weighted by molar-refractivity contribution is -0.123. The van der Waals surface area contributed by atoms with E-state index in [0.717, 1.165) is 11.1 Å². The van der Waals surface area contributed by atoms with Gasteiger partial charge in [-0.2, -0.15) is 0 Å². The molecule has 0 aliphatic rings. The summed E-state index contributed by atoms with van der Waals surface area (Å²) in [4.78, 5) is 34.7. The smallest absolute Gasteiger partial charge is 0.137 e. The van der Waals surface area contributed by atoms with Crippen LogP contribution < -0.4 is 0 Å². The number of benzene rings is 1. The lowest BCUT2D eigenvalue weighted by atomic mass is 9.86. The third-order valence-corrected chi connectivity index (χ3v) is 3.79. The van der Waals surface area contributed by atoms with Gasteiger partial charge < -0.3 is 5.11 Å². The van der Waals surface area contributed by atoms with Gasteiger partial charge in [0.1, 0.15) is 17.3 Å². The van der Waals surface area contributed by atoms with Crippen LogP contribution in [0.4, 0.5) is 0 Å². The first-order chi connectivity index (χ1) is 10.2. The van der Waals surface area contributed by atoms with Gasteiger partial charge in [-0.15, -0.1) is 0 Å². The largest absolute Gasteiger partial charge is 0.393 e. The van der Waals surface area contributed by atoms with Crippen LogP contribution >= 0.6 is 0 Å². The Hall–Kier alpha value is -1.81. The Balaban J connectivity index is 3.03. The normalized spacial score (nSPS) is 15.0. The maximum Gasteiger partial charge on any atom is 0.137 e. The van der Waals surface area contributed by atoms with E-state index in [-0.39, 0.29) is 29.7 Å². The molecular weight excluding hydrogens is 280 g/mol. The highest BCUT2D eigenvalue weighted by Crippen LogP contribution is 2.27. The Kier molecular flexibility index (Phi) is 6.62. The van der Waals surface area contributed by atoms with Crippen molar-refractivity contribution in [2.24, 2.45) is 0 Å². The summed E-state index contributed by atoms with van der Waals surface area (Å²) in [6.45, 7) is 6.12. The zero-order valence-electron chi connectivity index (χ0n) is 13.6. The first kappa shape index (κ1) is 18.2. The number of carbonyl (C=O) groups excluding carboxylic acids is 3. The molecule has 1 aromatic rings. The van der Waals surface area contributed by atoms with E-state index in [2.05, 4.69) is 0 Å². The highest BCUT2D eigenvalue weighted by molar-refractivity contribution is 5.89. The summed E-state index contributed by atoms with van der Waals surface area (Å²) >= 11 is 0. The molecule has 0 bridgehead atoms. The van der Waals surface area contributed by atoms with Crippen molar-refractivity contribution in [3.8, 4) is 0 Å². The SMILES string of the molecule is CC(=O)CC(C(C)=O)c1ccc(C(CC(C)O)C(C)=O)cc1. The van der Waals surface area contributed by atoms with Crippen molar-refractivity contribution in [2.75, 3.05) is 0 Å². The topological polar surface area (TPSA) is 71.4 Å². The van der Waals surface area contributed by atoms with Gasteiger partial charge in [-0.05, 0) is 45.2 Å². The summed E-state index contributed by atoms with van der Waals surface area (Å²) in [6, 6.07) is 7.20. The zero-order valence-corrected chi connectivity index (χ0v) is 13.6. The van der Waals surface area contributed by atoms with Gasteiger partial charge in [0.15, 0.2) is 0 Å². The van der Waals surface area contributed by atoms with E-state index in [4.69, 9.17) is 0 Å². The van der Waals surface area contributed by atoms with Crippen molar-refractivity contribution in [1.82, 2.24) is 0 Å². The van der Waals surface area contributed by atoms with Gasteiger partial charge >= 0.3 is 0 Å². The molecule has 0 aromatic heterocycles. The van der Waals surface area contributed by atoms with Crippen LogP contribution in [0.5, 0.6) is 0 Å². The lowest BCUT2D eigenvalue weighted by Gasteiger charge is -2.18. The summed E-state index contributed by atoms with van der Waals surface area (Å²) in [6.07, 6.45) is 0.00720. The zero-order chi connectivity index (χ0) is 16.9. The third-order valence-electron chi connectivity index (χ3n) is 3.79. The molecule has 0 aliphatic carbocycles. The van der Waals surface area contributed by atoms with Crippen molar-refractivity contribution in [1.29, 1.82) is 0 Å². The van der Waals surface area contributed by atoms with Gasteiger partial charge in [-0.3, -0.25) is 14.4 Å². The van der Waals surface area contributed by atoms with Gasteiger partial charge in [0.05, 0.1) is 6.10 Å². The van der Waals surface area contributed by atoms with E-state index >= 15 is 0 Å². The van der Waals surface area contributed by atoms with E-state index in [1.165, 1.54) is 20.8 Å². The lowest BCUT2D eigenvalue weighted by Crippen LogP contribution is -2.16. The number of rotatable bonds is 8. The van der Waals surface area contributed by atoms with Crippen LogP contribution in [0.3, 0.4) is 0 Å². The monoisotopic (exact) mass is 304 g/mol. The van der Waals surface area contributed by atoms with E-state index in [1.54, 1.807) is 31.2 Å². The van der Waals surface area contributed by atoms with Crippen molar-refractivity contribution < 1.29 is 19.5 Å². The Labute approximate surface area is 131 Å². The summed E-state index contributed by atoms with van der Waals surface area (Å²) < 4.78 is 0. The Morgan fingerprint density at radius 3 is 1.64 bits per heavy atom. The fraction of sp³-hybridized carbons (Fsp3) is 0.500.